The van der Waals surface area contributed by atoms with E-state index in [9.17, 15) is 14.4 Å². The van der Waals surface area contributed by atoms with Gasteiger partial charge >= 0.3 is 5.97 Å². The van der Waals surface area contributed by atoms with Crippen molar-refractivity contribution in [3.05, 3.63) is 40.9 Å². The van der Waals surface area contributed by atoms with Crippen LogP contribution in [-0.2, 0) is 14.3 Å². The zero-order valence-electron chi connectivity index (χ0n) is 13.7. The van der Waals surface area contributed by atoms with Crippen LogP contribution in [0.25, 0.3) is 0 Å². The van der Waals surface area contributed by atoms with E-state index in [4.69, 9.17) is 21.1 Å². The fourth-order valence-corrected chi connectivity index (χ4v) is 2.54. The van der Waals surface area contributed by atoms with Crippen LogP contribution in [0.1, 0.15) is 29.6 Å². The number of carbonyl (C=O) groups is 3. The fraction of sp³-hybridized carbons (Fsp3) is 0.353. The van der Waals surface area contributed by atoms with Crippen LogP contribution in [0, 0.1) is 5.92 Å². The second-order valence-corrected chi connectivity index (χ2v) is 5.91. The third kappa shape index (κ3) is 5.79. The largest absolute Gasteiger partial charge is 0.496 e. The Morgan fingerprint density at radius 1 is 1.28 bits per heavy atom. The molecule has 0 radical (unpaired) electrons. The average molecular weight is 367 g/mol. The molecule has 1 atom stereocenters. The average Bonchev–Trinajstić information content (AvgIpc) is 3.10. The van der Waals surface area contributed by atoms with Crippen molar-refractivity contribution in [2.45, 2.75) is 19.3 Å². The van der Waals surface area contributed by atoms with Gasteiger partial charge in [-0.1, -0.05) is 23.8 Å². The Labute approximate surface area is 150 Å². The maximum absolute atomic E-state index is 12.1. The van der Waals surface area contributed by atoms with E-state index >= 15 is 0 Å². The summed E-state index contributed by atoms with van der Waals surface area (Å²) in [6.45, 7) is -0.470. The molecule has 0 spiro atoms. The Kier molecular flexibility index (Phi) is 6.82. The van der Waals surface area contributed by atoms with E-state index in [0.717, 1.165) is 12.8 Å². The number of amides is 2. The number of ether oxygens (including phenoxy) is 2. The molecule has 0 aromatic heterocycles. The standard InChI is InChI=1S/C17H19ClN2O5/c1-24-14-7-6-12(18)9-13(14)17(23)20-19-15(21)10-25-16(22)8-11-4-2-3-5-11/h2,4,6-7,9,11H,3,5,8,10H2,1H3,(H,19,21)(H,20,23)/t11-/m0/s1. The molecule has 1 aliphatic rings. The van der Waals surface area contributed by atoms with Crippen LogP contribution in [-0.4, -0.2) is 31.5 Å². The molecular formula is C17H19ClN2O5. The summed E-state index contributed by atoms with van der Waals surface area (Å²) in [4.78, 5) is 35.4. The molecule has 7 nitrogen and oxygen atoms in total. The number of hydrazine groups is 1. The smallest absolute Gasteiger partial charge is 0.306 e. The maximum atomic E-state index is 12.1. The highest BCUT2D eigenvalue weighted by atomic mass is 35.5. The Balaban J connectivity index is 1.75. The molecule has 0 saturated heterocycles. The van der Waals surface area contributed by atoms with Crippen molar-refractivity contribution in [1.82, 2.24) is 10.9 Å². The second kappa shape index (κ2) is 9.08. The van der Waals surface area contributed by atoms with Crippen LogP contribution in [0.5, 0.6) is 5.75 Å². The van der Waals surface area contributed by atoms with E-state index in [1.807, 2.05) is 12.2 Å². The molecule has 0 aliphatic heterocycles. The number of halogens is 1. The van der Waals surface area contributed by atoms with Crippen molar-refractivity contribution < 1.29 is 23.9 Å². The highest BCUT2D eigenvalue weighted by Crippen LogP contribution is 2.22. The third-order valence-corrected chi connectivity index (χ3v) is 3.86. The Morgan fingerprint density at radius 2 is 2.08 bits per heavy atom. The maximum Gasteiger partial charge on any atom is 0.306 e. The van der Waals surface area contributed by atoms with Gasteiger partial charge in [-0.2, -0.15) is 0 Å². The number of nitrogens with one attached hydrogen (secondary N) is 2. The van der Waals surface area contributed by atoms with E-state index in [1.54, 1.807) is 6.07 Å². The van der Waals surface area contributed by atoms with Crippen molar-refractivity contribution >= 4 is 29.4 Å². The van der Waals surface area contributed by atoms with Gasteiger partial charge in [-0.3, -0.25) is 25.2 Å². The Bertz CT molecular complexity index is 690. The summed E-state index contributed by atoms with van der Waals surface area (Å²) in [6, 6.07) is 4.53. The fourth-order valence-electron chi connectivity index (χ4n) is 2.37. The Morgan fingerprint density at radius 3 is 2.76 bits per heavy atom. The van der Waals surface area contributed by atoms with Crippen LogP contribution >= 0.6 is 11.6 Å². The first-order valence-electron chi connectivity index (χ1n) is 7.74. The molecular weight excluding hydrogens is 348 g/mol. The predicted octanol–water partition coefficient (Wildman–Crippen LogP) is 2.01. The number of carbonyl (C=O) groups excluding carboxylic acids is 3. The normalized spacial score (nSPS) is 15.5. The lowest BCUT2D eigenvalue weighted by molar-refractivity contribution is -0.149. The van der Waals surface area contributed by atoms with Gasteiger partial charge in [-0.25, -0.2) is 0 Å². The number of methoxy groups -OCH3 is 1. The zero-order chi connectivity index (χ0) is 18.2. The summed E-state index contributed by atoms with van der Waals surface area (Å²) < 4.78 is 9.95. The van der Waals surface area contributed by atoms with Gasteiger partial charge in [0.15, 0.2) is 6.61 Å². The lowest BCUT2D eigenvalue weighted by Gasteiger charge is -2.11. The van der Waals surface area contributed by atoms with Crippen LogP contribution in [0.2, 0.25) is 5.02 Å². The topological polar surface area (TPSA) is 93.7 Å². The van der Waals surface area contributed by atoms with E-state index in [1.165, 1.54) is 19.2 Å². The van der Waals surface area contributed by atoms with Gasteiger partial charge in [0, 0.05) is 5.02 Å². The first-order chi connectivity index (χ1) is 12.0. The zero-order valence-corrected chi connectivity index (χ0v) is 14.5. The summed E-state index contributed by atoms with van der Waals surface area (Å²) in [6.07, 6.45) is 6.11. The van der Waals surface area contributed by atoms with Gasteiger partial charge < -0.3 is 9.47 Å². The van der Waals surface area contributed by atoms with E-state index in [2.05, 4.69) is 10.9 Å². The third-order valence-electron chi connectivity index (χ3n) is 3.63. The molecule has 0 heterocycles. The van der Waals surface area contributed by atoms with Crippen LogP contribution in [0.15, 0.2) is 30.4 Å². The lowest BCUT2D eigenvalue weighted by atomic mass is 10.1. The van der Waals surface area contributed by atoms with Crippen LogP contribution in [0.4, 0.5) is 0 Å². The first kappa shape index (κ1) is 18.8. The molecule has 25 heavy (non-hydrogen) atoms. The number of benzene rings is 1. The quantitative estimate of drug-likeness (QED) is 0.456. The van der Waals surface area contributed by atoms with E-state index in [-0.39, 0.29) is 17.9 Å². The summed E-state index contributed by atoms with van der Waals surface area (Å²) >= 11 is 5.85. The lowest BCUT2D eigenvalue weighted by Crippen LogP contribution is -2.43. The molecule has 2 rings (SSSR count). The van der Waals surface area contributed by atoms with E-state index in [0.29, 0.717) is 10.8 Å². The molecule has 1 aromatic rings. The SMILES string of the molecule is COc1ccc(Cl)cc1C(=O)NNC(=O)COC(=O)C[C@H]1C=CCC1. The van der Waals surface area contributed by atoms with Crippen LogP contribution < -0.4 is 15.6 Å². The minimum absolute atomic E-state index is 0.167. The number of allylic oxidation sites excluding steroid dienone is 2. The van der Waals surface area contributed by atoms with Gasteiger partial charge in [0.2, 0.25) is 0 Å². The summed E-state index contributed by atoms with van der Waals surface area (Å²) in [5, 5.41) is 0.354. The molecule has 2 N–H and O–H groups in total. The van der Waals surface area contributed by atoms with Crippen molar-refractivity contribution in [3.63, 3.8) is 0 Å². The van der Waals surface area contributed by atoms with Gasteiger partial charge in [0.25, 0.3) is 11.8 Å². The summed E-state index contributed by atoms with van der Waals surface area (Å²) in [5.74, 6) is -1.22. The van der Waals surface area contributed by atoms with Gasteiger partial charge in [0.05, 0.1) is 19.1 Å². The Hall–Kier alpha value is -2.54. The molecule has 134 valence electrons. The van der Waals surface area contributed by atoms with Gasteiger partial charge in [-0.15, -0.1) is 0 Å². The molecule has 0 unspecified atom stereocenters. The van der Waals surface area contributed by atoms with Crippen molar-refractivity contribution in [2.24, 2.45) is 5.92 Å². The monoisotopic (exact) mass is 366 g/mol. The predicted molar refractivity (Wildman–Crippen MR) is 91.1 cm³/mol. The summed E-state index contributed by atoms with van der Waals surface area (Å²) in [7, 11) is 1.41. The van der Waals surface area contributed by atoms with Gasteiger partial charge in [0.1, 0.15) is 5.75 Å². The molecule has 8 heteroatoms. The number of hydrogen-bond donors (Lipinski definition) is 2. The molecule has 0 bridgehead atoms. The van der Waals surface area contributed by atoms with Gasteiger partial charge in [-0.05, 0) is 37.0 Å². The number of hydrogen-bond acceptors (Lipinski definition) is 5. The molecule has 0 saturated carbocycles. The van der Waals surface area contributed by atoms with E-state index < -0.39 is 24.4 Å². The molecule has 1 aromatic carbocycles. The number of rotatable bonds is 6. The minimum atomic E-state index is -0.648. The number of esters is 1. The highest BCUT2D eigenvalue weighted by Gasteiger charge is 2.17. The molecule has 0 fully saturated rings. The van der Waals surface area contributed by atoms with Crippen molar-refractivity contribution in [2.75, 3.05) is 13.7 Å². The van der Waals surface area contributed by atoms with Crippen LogP contribution in [0.3, 0.4) is 0 Å². The minimum Gasteiger partial charge on any atom is -0.496 e. The molecule has 1 aliphatic carbocycles. The second-order valence-electron chi connectivity index (χ2n) is 5.48. The van der Waals surface area contributed by atoms with Crippen molar-refractivity contribution in [3.8, 4) is 5.75 Å². The molecule has 2 amide bonds. The highest BCUT2D eigenvalue weighted by molar-refractivity contribution is 6.31. The summed E-state index contributed by atoms with van der Waals surface area (Å²) in [5.41, 5.74) is 4.56. The first-order valence-corrected chi connectivity index (χ1v) is 8.12. The van der Waals surface area contributed by atoms with Crippen molar-refractivity contribution in [1.29, 1.82) is 0 Å².